The van der Waals surface area contributed by atoms with Gasteiger partial charge in [-0.1, -0.05) is 142 Å². The Morgan fingerprint density at radius 1 is 0.381 bits per heavy atom. The van der Waals surface area contributed by atoms with Crippen molar-refractivity contribution < 1.29 is 28.8 Å². The van der Waals surface area contributed by atoms with Gasteiger partial charge in [-0.3, -0.25) is 0 Å². The van der Waals surface area contributed by atoms with Crippen molar-refractivity contribution >= 4 is 11.9 Å². The Kier molecular flexibility index (Phi) is 30.6. The third-order valence-electron chi connectivity index (χ3n) is 8.35. The molecule has 0 aliphatic rings. The Bertz CT molecular complexity index is 607. The fourth-order valence-electron chi connectivity index (χ4n) is 5.62. The van der Waals surface area contributed by atoms with Crippen LogP contribution in [-0.4, -0.2) is 75.3 Å². The molecule has 0 spiro atoms. The molecule has 0 amide bonds. The maximum absolute atomic E-state index is 10.6. The molecule has 6 heteroatoms. The number of aliphatic carboxylic acids is 2. The molecule has 0 aromatic heterocycles. The lowest BCUT2D eigenvalue weighted by Crippen LogP contribution is -2.48. The fraction of sp³-hybridized carbons (Fsp3) is 0.944. The van der Waals surface area contributed by atoms with Crippen LogP contribution in [0.15, 0.2) is 0 Å². The number of likely N-dealkylation sites (N-methyl/N-ethyl adjacent to an activating group) is 2. The average molecular weight is 599 g/mol. The molecule has 0 aromatic rings. The van der Waals surface area contributed by atoms with E-state index < -0.39 is 11.9 Å². The van der Waals surface area contributed by atoms with Crippen LogP contribution in [0.5, 0.6) is 0 Å². The van der Waals surface area contributed by atoms with Gasteiger partial charge in [0.1, 0.15) is 13.1 Å². The minimum absolute atomic E-state index is 0.122. The summed E-state index contributed by atoms with van der Waals surface area (Å²) in [4.78, 5) is 21.2. The summed E-state index contributed by atoms with van der Waals surface area (Å²) in [5.41, 5.74) is 0. The second kappa shape index (κ2) is 29.9. The summed E-state index contributed by atoms with van der Waals surface area (Å²) in [5.74, 6) is -1.89. The maximum Gasteiger partial charge on any atom is 0.119 e. The van der Waals surface area contributed by atoms with Crippen LogP contribution < -0.4 is 10.2 Å². The number of hydrogen-bond acceptors (Lipinski definition) is 4. The van der Waals surface area contributed by atoms with E-state index in [0.29, 0.717) is 8.97 Å². The number of unbranched alkanes of at least 4 members (excludes halogenated alkanes) is 22. The Morgan fingerprint density at radius 3 is 0.762 bits per heavy atom. The minimum atomic E-state index is -0.947. The zero-order valence-corrected chi connectivity index (χ0v) is 29.3. The van der Waals surface area contributed by atoms with Gasteiger partial charge in [0.05, 0.1) is 53.2 Å². The number of carbonyl (C=O) groups excluding carboxylic acids is 2. The predicted octanol–water partition coefficient (Wildman–Crippen LogP) is 7.03. The molecule has 0 aliphatic heterocycles. The van der Waals surface area contributed by atoms with Crippen LogP contribution in [0.1, 0.15) is 168 Å². The van der Waals surface area contributed by atoms with Crippen molar-refractivity contribution in [2.75, 3.05) is 54.4 Å². The van der Waals surface area contributed by atoms with Crippen molar-refractivity contribution in [1.82, 2.24) is 0 Å². The Labute approximate surface area is 262 Å². The number of carbonyl (C=O) groups is 2. The molecular formula is C36H74N2O4. The van der Waals surface area contributed by atoms with E-state index in [-0.39, 0.29) is 13.1 Å². The molecule has 0 aromatic carbocycles. The van der Waals surface area contributed by atoms with Crippen molar-refractivity contribution in [2.24, 2.45) is 0 Å². The summed E-state index contributed by atoms with van der Waals surface area (Å²) in [7, 11) is 7.86. The molecule has 42 heavy (non-hydrogen) atoms. The lowest BCUT2D eigenvalue weighted by atomic mass is 10.0. The van der Waals surface area contributed by atoms with Crippen LogP contribution in [0.3, 0.4) is 0 Å². The van der Waals surface area contributed by atoms with Gasteiger partial charge >= 0.3 is 0 Å². The van der Waals surface area contributed by atoms with Gasteiger partial charge in [0.15, 0.2) is 0 Å². The molecule has 0 fully saturated rings. The summed E-state index contributed by atoms with van der Waals surface area (Å²) in [5, 5.41) is 21.2. The van der Waals surface area contributed by atoms with Crippen LogP contribution in [0.2, 0.25) is 0 Å². The summed E-state index contributed by atoms with van der Waals surface area (Å²) < 4.78 is 1.08. The smallest absolute Gasteiger partial charge is 0.119 e. The first-order valence-corrected chi connectivity index (χ1v) is 18.0. The number of carboxylic acids is 2. The van der Waals surface area contributed by atoms with Crippen molar-refractivity contribution in [3.05, 3.63) is 0 Å². The van der Waals surface area contributed by atoms with Gasteiger partial charge in [0, 0.05) is 0 Å². The number of hydrogen-bond donors (Lipinski definition) is 0. The van der Waals surface area contributed by atoms with E-state index in [1.54, 1.807) is 0 Å². The molecule has 0 rings (SSSR count). The summed E-state index contributed by atoms with van der Waals surface area (Å²) in [6.07, 6.45) is 32.2. The zero-order valence-electron chi connectivity index (χ0n) is 29.3. The van der Waals surface area contributed by atoms with Gasteiger partial charge in [0.2, 0.25) is 0 Å². The Balaban J connectivity index is 0. The van der Waals surface area contributed by atoms with E-state index in [9.17, 15) is 19.8 Å². The predicted molar refractivity (Wildman–Crippen MR) is 176 cm³/mol. The van der Waals surface area contributed by atoms with Crippen LogP contribution in [0.25, 0.3) is 0 Å². The van der Waals surface area contributed by atoms with Gasteiger partial charge in [-0.25, -0.2) is 0 Å². The van der Waals surface area contributed by atoms with Crippen LogP contribution in [-0.2, 0) is 9.59 Å². The van der Waals surface area contributed by atoms with E-state index in [2.05, 4.69) is 13.8 Å². The van der Waals surface area contributed by atoms with Crippen molar-refractivity contribution in [2.45, 2.75) is 168 Å². The fourth-order valence-corrected chi connectivity index (χ4v) is 5.62. The third kappa shape index (κ3) is 36.9. The minimum Gasteiger partial charge on any atom is -0.544 e. The highest BCUT2D eigenvalue weighted by Crippen LogP contribution is 2.14. The van der Waals surface area contributed by atoms with Gasteiger partial charge in [-0.05, 0) is 25.7 Å². The van der Waals surface area contributed by atoms with E-state index >= 15 is 0 Å². The molecule has 0 bridgehead atoms. The number of carboxylic acid groups (broad SMARTS) is 2. The third-order valence-corrected chi connectivity index (χ3v) is 8.35. The second-order valence-corrected chi connectivity index (χ2v) is 14.2. The Morgan fingerprint density at radius 2 is 0.571 bits per heavy atom. The molecule has 6 nitrogen and oxygen atoms in total. The first-order chi connectivity index (χ1) is 20.0. The normalized spacial score (nSPS) is 11.8. The van der Waals surface area contributed by atoms with Gasteiger partial charge in [-0.2, -0.15) is 0 Å². The average Bonchev–Trinajstić information content (AvgIpc) is 2.89. The first kappa shape index (κ1) is 43.0. The number of rotatable bonds is 30. The van der Waals surface area contributed by atoms with E-state index in [1.807, 2.05) is 28.2 Å². The van der Waals surface area contributed by atoms with Gasteiger partial charge < -0.3 is 28.8 Å². The van der Waals surface area contributed by atoms with Crippen LogP contribution in [0, 0.1) is 0 Å². The lowest BCUT2D eigenvalue weighted by molar-refractivity contribution is -0.885. The Hall–Kier alpha value is -1.14. The van der Waals surface area contributed by atoms with E-state index in [0.717, 1.165) is 25.9 Å². The highest BCUT2D eigenvalue weighted by atomic mass is 16.4. The molecule has 0 saturated carbocycles. The highest BCUT2D eigenvalue weighted by molar-refractivity contribution is 5.65. The molecule has 0 radical (unpaired) electrons. The molecule has 0 unspecified atom stereocenters. The second-order valence-electron chi connectivity index (χ2n) is 14.2. The van der Waals surface area contributed by atoms with E-state index in [4.69, 9.17) is 0 Å². The summed E-state index contributed by atoms with van der Waals surface area (Å²) in [6, 6.07) is 0. The largest absolute Gasteiger partial charge is 0.544 e. The van der Waals surface area contributed by atoms with E-state index in [1.165, 1.54) is 141 Å². The molecule has 0 N–H and O–H groups in total. The number of quaternary nitrogens is 2. The molecule has 252 valence electrons. The topological polar surface area (TPSA) is 80.3 Å². The monoisotopic (exact) mass is 599 g/mol. The van der Waals surface area contributed by atoms with Crippen LogP contribution in [0.4, 0.5) is 0 Å². The quantitative estimate of drug-likeness (QED) is 0.0657. The molecule has 0 aliphatic carbocycles. The standard InChI is InChI=1S/C20H41NO2.C16H33NO2/c1-4-5-6-7-8-9-10-11-12-13-14-15-16-17-18-21(2,3)19-20(22)23;1-4-5-6-7-8-9-10-11-12-13-14-17(2,3)15-16(18)19/h4-19H2,1-3H3;4-15H2,1-3H3. The van der Waals surface area contributed by atoms with Gasteiger partial charge in [-0.15, -0.1) is 0 Å². The zero-order chi connectivity index (χ0) is 32.0. The van der Waals surface area contributed by atoms with Crippen LogP contribution >= 0.6 is 0 Å². The maximum atomic E-state index is 10.6. The number of nitrogens with zero attached hydrogens (tertiary/aromatic N) is 2. The summed E-state index contributed by atoms with van der Waals surface area (Å²) >= 11 is 0. The van der Waals surface area contributed by atoms with Gasteiger partial charge in [0.25, 0.3) is 0 Å². The van der Waals surface area contributed by atoms with Crippen molar-refractivity contribution in [1.29, 1.82) is 0 Å². The molecule has 0 atom stereocenters. The highest BCUT2D eigenvalue weighted by Gasteiger charge is 2.15. The first-order valence-electron chi connectivity index (χ1n) is 18.0. The molecular weight excluding hydrogens is 524 g/mol. The lowest BCUT2D eigenvalue weighted by Gasteiger charge is -2.30. The molecule has 0 saturated heterocycles. The SMILES string of the molecule is CCCCCCCCCCCCCCCC[N+](C)(C)CC(=O)[O-].CCCCCCCCCCCC[N+](C)(C)CC(=O)[O-]. The summed E-state index contributed by atoms with van der Waals surface area (Å²) in [6.45, 7) is 6.64. The molecule has 0 heterocycles. The van der Waals surface area contributed by atoms with Crippen molar-refractivity contribution in [3.8, 4) is 0 Å². The van der Waals surface area contributed by atoms with Crippen molar-refractivity contribution in [3.63, 3.8) is 0 Å².